The summed E-state index contributed by atoms with van der Waals surface area (Å²) in [6.07, 6.45) is 3.56. The van der Waals surface area contributed by atoms with Gasteiger partial charge in [0, 0.05) is 16.8 Å². The molecule has 0 aliphatic carbocycles. The van der Waals surface area contributed by atoms with Gasteiger partial charge in [0.15, 0.2) is 0 Å². The van der Waals surface area contributed by atoms with E-state index in [1.54, 1.807) is 0 Å². The van der Waals surface area contributed by atoms with Gasteiger partial charge in [-0.25, -0.2) is 0 Å². The number of nitrogens with one attached hydrogen (secondary N) is 1. The van der Waals surface area contributed by atoms with Crippen molar-refractivity contribution in [3.05, 3.63) is 28.8 Å². The highest BCUT2D eigenvalue weighted by Gasteiger charge is 2.13. The molecule has 0 amide bonds. The molecular weight excluding hydrogens is 182 g/mol. The van der Waals surface area contributed by atoms with E-state index in [2.05, 4.69) is 18.3 Å². The topological polar surface area (TPSA) is 12.0 Å². The Bertz CT molecular complexity index is 309. The van der Waals surface area contributed by atoms with Crippen LogP contribution in [0.1, 0.15) is 25.3 Å². The standard InChI is InChI=1S/C11H14ClN/c1-8-4-2-5-9-10(12)6-3-7-11(9)13-8/h3,6-8,13H,2,4-5H2,1H3. The molecule has 0 fully saturated rings. The first-order chi connectivity index (χ1) is 6.27. The largest absolute Gasteiger partial charge is 0.382 e. The van der Waals surface area contributed by atoms with E-state index in [4.69, 9.17) is 11.6 Å². The van der Waals surface area contributed by atoms with E-state index in [0.717, 1.165) is 11.4 Å². The van der Waals surface area contributed by atoms with Crippen molar-refractivity contribution in [2.45, 2.75) is 32.2 Å². The summed E-state index contributed by atoms with van der Waals surface area (Å²) in [5.74, 6) is 0. The zero-order valence-corrected chi connectivity index (χ0v) is 8.56. The maximum Gasteiger partial charge on any atom is 0.0458 e. The van der Waals surface area contributed by atoms with Crippen LogP contribution in [0.4, 0.5) is 5.69 Å². The lowest BCUT2D eigenvalue weighted by Gasteiger charge is -2.13. The van der Waals surface area contributed by atoms with Gasteiger partial charge in [-0.1, -0.05) is 17.7 Å². The lowest BCUT2D eigenvalue weighted by Crippen LogP contribution is -2.12. The number of benzene rings is 1. The Kier molecular flexibility index (Phi) is 2.45. The summed E-state index contributed by atoms with van der Waals surface area (Å²) in [4.78, 5) is 0. The van der Waals surface area contributed by atoms with E-state index in [-0.39, 0.29) is 0 Å². The second kappa shape index (κ2) is 3.59. The fourth-order valence-corrected chi connectivity index (χ4v) is 2.14. The van der Waals surface area contributed by atoms with Gasteiger partial charge < -0.3 is 5.32 Å². The first-order valence-corrected chi connectivity index (χ1v) is 5.19. The van der Waals surface area contributed by atoms with Crippen LogP contribution < -0.4 is 5.32 Å². The third kappa shape index (κ3) is 1.80. The zero-order valence-electron chi connectivity index (χ0n) is 7.81. The van der Waals surface area contributed by atoms with Gasteiger partial charge >= 0.3 is 0 Å². The van der Waals surface area contributed by atoms with Crippen LogP contribution in [0.15, 0.2) is 18.2 Å². The number of hydrogen-bond donors (Lipinski definition) is 1. The van der Waals surface area contributed by atoms with Gasteiger partial charge in [0.1, 0.15) is 0 Å². The van der Waals surface area contributed by atoms with Crippen molar-refractivity contribution < 1.29 is 0 Å². The fourth-order valence-electron chi connectivity index (χ4n) is 1.87. The van der Waals surface area contributed by atoms with Gasteiger partial charge in [-0.05, 0) is 43.9 Å². The SMILES string of the molecule is CC1CCCc2c(Cl)cccc2N1. The van der Waals surface area contributed by atoms with E-state index in [1.807, 2.05) is 12.1 Å². The van der Waals surface area contributed by atoms with Crippen molar-refractivity contribution in [2.75, 3.05) is 5.32 Å². The highest BCUT2D eigenvalue weighted by Crippen LogP contribution is 2.29. The summed E-state index contributed by atoms with van der Waals surface area (Å²) in [5.41, 5.74) is 2.51. The number of halogens is 1. The summed E-state index contributed by atoms with van der Waals surface area (Å²) in [6.45, 7) is 2.22. The van der Waals surface area contributed by atoms with Gasteiger partial charge in [-0.3, -0.25) is 0 Å². The molecule has 2 heteroatoms. The summed E-state index contributed by atoms with van der Waals surface area (Å²) in [6, 6.07) is 6.66. The summed E-state index contributed by atoms with van der Waals surface area (Å²) in [7, 11) is 0. The molecule has 1 N–H and O–H groups in total. The van der Waals surface area contributed by atoms with Crippen LogP contribution in [0.5, 0.6) is 0 Å². The van der Waals surface area contributed by atoms with Crippen molar-refractivity contribution in [2.24, 2.45) is 0 Å². The molecule has 1 aromatic carbocycles. The molecule has 2 rings (SSSR count). The predicted molar refractivity (Wildman–Crippen MR) is 57.5 cm³/mol. The Balaban J connectivity index is 2.39. The Morgan fingerprint density at radius 3 is 3.15 bits per heavy atom. The molecular formula is C11H14ClN. The summed E-state index contributed by atoms with van der Waals surface area (Å²) < 4.78 is 0. The van der Waals surface area contributed by atoms with Gasteiger partial charge in [0.2, 0.25) is 0 Å². The molecule has 0 radical (unpaired) electrons. The smallest absolute Gasteiger partial charge is 0.0458 e. The predicted octanol–water partition coefficient (Wildman–Crippen LogP) is 3.48. The molecule has 1 nitrogen and oxygen atoms in total. The minimum atomic E-state index is 0.569. The number of hydrogen-bond acceptors (Lipinski definition) is 1. The van der Waals surface area contributed by atoms with E-state index in [1.165, 1.54) is 24.1 Å². The molecule has 1 aromatic rings. The minimum Gasteiger partial charge on any atom is -0.382 e. The molecule has 0 spiro atoms. The van der Waals surface area contributed by atoms with Crippen LogP contribution in [0.2, 0.25) is 5.02 Å². The molecule has 0 saturated carbocycles. The number of anilines is 1. The summed E-state index contributed by atoms with van der Waals surface area (Å²) in [5, 5.41) is 4.38. The number of rotatable bonds is 0. The molecule has 0 bridgehead atoms. The molecule has 1 unspecified atom stereocenters. The van der Waals surface area contributed by atoms with E-state index >= 15 is 0 Å². The highest BCUT2D eigenvalue weighted by molar-refractivity contribution is 6.31. The van der Waals surface area contributed by atoms with Gasteiger partial charge in [0.05, 0.1) is 0 Å². The van der Waals surface area contributed by atoms with E-state index in [0.29, 0.717) is 6.04 Å². The third-order valence-electron chi connectivity index (χ3n) is 2.58. The molecule has 1 atom stereocenters. The third-order valence-corrected chi connectivity index (χ3v) is 2.94. The second-order valence-electron chi connectivity index (χ2n) is 3.70. The molecule has 1 aliphatic rings. The Hall–Kier alpha value is -0.690. The van der Waals surface area contributed by atoms with Crippen molar-refractivity contribution >= 4 is 17.3 Å². The van der Waals surface area contributed by atoms with Gasteiger partial charge in [0.25, 0.3) is 0 Å². The molecule has 70 valence electrons. The van der Waals surface area contributed by atoms with Crippen LogP contribution in [-0.2, 0) is 6.42 Å². The lowest BCUT2D eigenvalue weighted by atomic mass is 10.1. The second-order valence-corrected chi connectivity index (χ2v) is 4.11. The van der Waals surface area contributed by atoms with Crippen molar-refractivity contribution in [3.8, 4) is 0 Å². The Morgan fingerprint density at radius 2 is 2.31 bits per heavy atom. The zero-order chi connectivity index (χ0) is 9.26. The van der Waals surface area contributed by atoms with Crippen LogP contribution >= 0.6 is 11.6 Å². The monoisotopic (exact) mass is 195 g/mol. The average molecular weight is 196 g/mol. The van der Waals surface area contributed by atoms with E-state index < -0.39 is 0 Å². The van der Waals surface area contributed by atoms with Crippen LogP contribution in [0.25, 0.3) is 0 Å². The van der Waals surface area contributed by atoms with Crippen molar-refractivity contribution in [1.29, 1.82) is 0 Å². The van der Waals surface area contributed by atoms with Gasteiger partial charge in [-0.2, -0.15) is 0 Å². The molecule has 13 heavy (non-hydrogen) atoms. The van der Waals surface area contributed by atoms with Crippen molar-refractivity contribution in [3.63, 3.8) is 0 Å². The Morgan fingerprint density at radius 1 is 1.46 bits per heavy atom. The molecule has 1 aliphatic heterocycles. The average Bonchev–Trinajstić information content (AvgIpc) is 2.27. The summed E-state index contributed by atoms with van der Waals surface area (Å²) >= 11 is 6.12. The minimum absolute atomic E-state index is 0.569. The molecule has 0 saturated heterocycles. The number of fused-ring (bicyclic) bond motifs is 1. The fraction of sp³-hybridized carbons (Fsp3) is 0.455. The van der Waals surface area contributed by atoms with Crippen LogP contribution in [0, 0.1) is 0 Å². The first-order valence-electron chi connectivity index (χ1n) is 4.81. The maximum absolute atomic E-state index is 6.12. The Labute approximate surface area is 84.1 Å². The lowest BCUT2D eigenvalue weighted by molar-refractivity contribution is 0.674. The van der Waals surface area contributed by atoms with Gasteiger partial charge in [-0.15, -0.1) is 0 Å². The van der Waals surface area contributed by atoms with Crippen molar-refractivity contribution in [1.82, 2.24) is 0 Å². The normalized spacial score (nSPS) is 21.5. The molecule has 0 aromatic heterocycles. The quantitative estimate of drug-likeness (QED) is 0.669. The van der Waals surface area contributed by atoms with E-state index in [9.17, 15) is 0 Å². The van der Waals surface area contributed by atoms with Crippen LogP contribution in [0.3, 0.4) is 0 Å². The highest BCUT2D eigenvalue weighted by atomic mass is 35.5. The maximum atomic E-state index is 6.12. The first kappa shape index (κ1) is 8.89. The van der Waals surface area contributed by atoms with Crippen LogP contribution in [-0.4, -0.2) is 6.04 Å². The molecule has 1 heterocycles.